The van der Waals surface area contributed by atoms with Gasteiger partial charge in [-0.1, -0.05) is 12.1 Å². The summed E-state index contributed by atoms with van der Waals surface area (Å²) in [6, 6.07) is 6.05. The molecule has 0 spiro atoms. The highest BCUT2D eigenvalue weighted by Crippen LogP contribution is 2.38. The molecule has 1 amide bonds. The second-order valence-electron chi connectivity index (χ2n) is 6.83. The molecule has 3 rings (SSSR count). The minimum atomic E-state index is -3.35. The smallest absolute Gasteiger partial charge is 0.233 e. The first-order valence-corrected chi connectivity index (χ1v) is 11.3. The summed E-state index contributed by atoms with van der Waals surface area (Å²) >= 11 is 1.27. The number of hydrogen-bond acceptors (Lipinski definition) is 5. The molecule has 0 radical (unpaired) electrons. The Kier molecular flexibility index (Phi) is 5.90. The van der Waals surface area contributed by atoms with Crippen molar-refractivity contribution in [2.75, 3.05) is 11.6 Å². The highest BCUT2D eigenvalue weighted by atomic mass is 32.2. The number of hydrogen-bond donors (Lipinski definition) is 1. The van der Waals surface area contributed by atoms with Crippen molar-refractivity contribution >= 4 is 32.2 Å². The number of halogens is 2. The molecule has 1 fully saturated rings. The molecule has 1 saturated carbocycles. The zero-order chi connectivity index (χ0) is 19.6. The summed E-state index contributed by atoms with van der Waals surface area (Å²) in [5.74, 6) is -1.23. The van der Waals surface area contributed by atoms with E-state index in [1.54, 1.807) is 23.7 Å². The van der Waals surface area contributed by atoms with E-state index >= 15 is 0 Å². The van der Waals surface area contributed by atoms with Crippen LogP contribution in [-0.2, 0) is 14.6 Å². The first-order chi connectivity index (χ1) is 12.7. The lowest BCUT2D eigenvalue weighted by atomic mass is 9.87. The van der Waals surface area contributed by atoms with E-state index in [4.69, 9.17) is 0 Å². The van der Waals surface area contributed by atoms with Crippen LogP contribution in [0.25, 0.3) is 0 Å². The van der Waals surface area contributed by atoms with Crippen molar-refractivity contribution < 1.29 is 22.0 Å². The Morgan fingerprint density at radius 2 is 1.89 bits per heavy atom. The van der Waals surface area contributed by atoms with Crippen LogP contribution in [0.5, 0.6) is 0 Å². The number of nitrogens with zero attached hydrogens (tertiary/aromatic N) is 1. The number of nitrogens with one attached hydrogen (secondary N) is 1. The van der Waals surface area contributed by atoms with Crippen LogP contribution in [0.15, 0.2) is 40.7 Å². The maximum atomic E-state index is 13.6. The number of aromatic nitrogens is 1. The van der Waals surface area contributed by atoms with E-state index in [0.29, 0.717) is 10.7 Å². The lowest BCUT2D eigenvalue weighted by molar-refractivity contribution is -0.118. The normalized spacial score (nSPS) is 23.9. The van der Waals surface area contributed by atoms with E-state index < -0.39 is 28.1 Å². The van der Waals surface area contributed by atoms with Gasteiger partial charge < -0.3 is 5.32 Å². The minimum absolute atomic E-state index is 0.0869. The van der Waals surface area contributed by atoms with Gasteiger partial charge in [0.25, 0.3) is 0 Å². The Morgan fingerprint density at radius 3 is 2.41 bits per heavy atom. The standard InChI is InChI=1S/C18H20F2N2O3S2/c1-27(24,25)13-4-2-12(3-5-13)14(8-11-9-15(19)16(20)10-11)17(23)22-18-21-6-7-26-18/h2-7,11,14-16H,8-10H2,1H3,(H,21,22,23)/t11-,14?,15-,16+. The molecule has 1 unspecified atom stereocenters. The van der Waals surface area contributed by atoms with Crippen molar-refractivity contribution in [3.63, 3.8) is 0 Å². The van der Waals surface area contributed by atoms with Gasteiger partial charge in [-0.2, -0.15) is 0 Å². The van der Waals surface area contributed by atoms with Crippen LogP contribution in [0.2, 0.25) is 0 Å². The van der Waals surface area contributed by atoms with Crippen LogP contribution in [0, 0.1) is 5.92 Å². The number of benzene rings is 1. The molecule has 0 bridgehead atoms. The number of thiazole rings is 1. The van der Waals surface area contributed by atoms with E-state index in [1.165, 1.54) is 23.5 Å². The molecule has 1 heterocycles. The summed E-state index contributed by atoms with van der Waals surface area (Å²) in [5, 5.41) is 4.89. The molecule has 5 nitrogen and oxygen atoms in total. The number of carbonyl (C=O) groups is 1. The molecule has 9 heteroatoms. The van der Waals surface area contributed by atoms with Crippen molar-refractivity contribution in [3.8, 4) is 0 Å². The Hall–Kier alpha value is -1.87. The zero-order valence-corrected chi connectivity index (χ0v) is 16.3. The van der Waals surface area contributed by atoms with Crippen molar-refractivity contribution in [1.82, 2.24) is 4.98 Å². The van der Waals surface area contributed by atoms with Crippen LogP contribution >= 0.6 is 11.3 Å². The quantitative estimate of drug-likeness (QED) is 0.781. The zero-order valence-electron chi connectivity index (χ0n) is 14.6. The van der Waals surface area contributed by atoms with Crippen molar-refractivity contribution in [2.45, 2.75) is 42.4 Å². The van der Waals surface area contributed by atoms with E-state index in [0.717, 1.165) is 6.26 Å². The largest absolute Gasteiger partial charge is 0.301 e. The van der Waals surface area contributed by atoms with Crippen molar-refractivity contribution in [1.29, 1.82) is 0 Å². The van der Waals surface area contributed by atoms with Gasteiger partial charge in [0.05, 0.1) is 10.8 Å². The number of rotatable bonds is 6. The fourth-order valence-electron chi connectivity index (χ4n) is 3.37. The second kappa shape index (κ2) is 8.02. The third-order valence-electron chi connectivity index (χ3n) is 4.77. The maximum Gasteiger partial charge on any atom is 0.233 e. The fraction of sp³-hybridized carbons (Fsp3) is 0.444. The summed E-state index contributed by atoms with van der Waals surface area (Å²) in [6.45, 7) is 0. The Balaban J connectivity index is 1.83. The first-order valence-electron chi connectivity index (χ1n) is 8.52. The third kappa shape index (κ3) is 4.90. The second-order valence-corrected chi connectivity index (χ2v) is 9.74. The molecule has 1 aliphatic rings. The highest BCUT2D eigenvalue weighted by Gasteiger charge is 2.37. The van der Waals surface area contributed by atoms with Gasteiger partial charge in [-0.3, -0.25) is 4.79 Å². The van der Waals surface area contributed by atoms with Gasteiger partial charge in [-0.15, -0.1) is 11.3 Å². The molecule has 1 aromatic carbocycles. The van der Waals surface area contributed by atoms with E-state index in [1.807, 2.05) is 0 Å². The molecule has 0 saturated heterocycles. The Morgan fingerprint density at radius 1 is 1.26 bits per heavy atom. The van der Waals surface area contributed by atoms with Crippen LogP contribution in [0.1, 0.15) is 30.7 Å². The molecule has 2 aromatic rings. The monoisotopic (exact) mass is 414 g/mol. The SMILES string of the molecule is CS(=O)(=O)c1ccc(C(C[C@@H]2C[C@@H](F)[C@@H](F)C2)C(=O)Nc2nccs2)cc1. The van der Waals surface area contributed by atoms with Crippen LogP contribution < -0.4 is 5.32 Å². The van der Waals surface area contributed by atoms with E-state index in [9.17, 15) is 22.0 Å². The Labute approximate surface area is 160 Å². The average molecular weight is 414 g/mol. The summed E-state index contributed by atoms with van der Waals surface area (Å²) in [4.78, 5) is 17.0. The number of anilines is 1. The predicted octanol–water partition coefficient (Wildman–Crippen LogP) is 3.75. The highest BCUT2D eigenvalue weighted by molar-refractivity contribution is 7.90. The molecular formula is C18H20F2N2O3S2. The van der Waals surface area contributed by atoms with Crippen LogP contribution in [-0.4, -0.2) is 37.9 Å². The number of amides is 1. The van der Waals surface area contributed by atoms with Crippen LogP contribution in [0.4, 0.5) is 13.9 Å². The molecule has 1 N–H and O–H groups in total. The molecule has 27 heavy (non-hydrogen) atoms. The summed E-state index contributed by atoms with van der Waals surface area (Å²) < 4.78 is 50.4. The fourth-order valence-corrected chi connectivity index (χ4v) is 4.54. The van der Waals surface area contributed by atoms with Gasteiger partial charge in [-0.05, 0) is 42.9 Å². The summed E-state index contributed by atoms with van der Waals surface area (Å²) in [6.07, 6.45) is 0.143. The summed E-state index contributed by atoms with van der Waals surface area (Å²) in [5.41, 5.74) is 0.606. The first kappa shape index (κ1) is 19.9. The topological polar surface area (TPSA) is 76.1 Å². The lowest BCUT2D eigenvalue weighted by Crippen LogP contribution is -2.23. The van der Waals surface area contributed by atoms with Crippen molar-refractivity contribution in [2.24, 2.45) is 5.92 Å². The minimum Gasteiger partial charge on any atom is -0.301 e. The lowest BCUT2D eigenvalue weighted by Gasteiger charge is -2.20. The molecule has 1 aromatic heterocycles. The molecular weight excluding hydrogens is 394 g/mol. The van der Waals surface area contributed by atoms with Gasteiger partial charge >= 0.3 is 0 Å². The number of sulfone groups is 1. The van der Waals surface area contributed by atoms with Crippen LogP contribution in [0.3, 0.4) is 0 Å². The van der Waals surface area contributed by atoms with E-state index in [2.05, 4.69) is 10.3 Å². The van der Waals surface area contributed by atoms with Crippen molar-refractivity contribution in [3.05, 3.63) is 41.4 Å². The van der Waals surface area contributed by atoms with Gasteiger partial charge in [0.15, 0.2) is 15.0 Å². The van der Waals surface area contributed by atoms with E-state index in [-0.39, 0.29) is 36.0 Å². The predicted molar refractivity (Wildman–Crippen MR) is 100 cm³/mol. The maximum absolute atomic E-state index is 13.6. The average Bonchev–Trinajstić information content (AvgIpc) is 3.22. The molecule has 146 valence electrons. The van der Waals surface area contributed by atoms with Gasteiger partial charge in [0.2, 0.25) is 5.91 Å². The molecule has 0 aliphatic heterocycles. The third-order valence-corrected chi connectivity index (χ3v) is 6.59. The van der Waals surface area contributed by atoms with Gasteiger partial charge in [0.1, 0.15) is 12.3 Å². The molecule has 1 aliphatic carbocycles. The summed E-state index contributed by atoms with van der Waals surface area (Å²) in [7, 11) is -3.35. The number of alkyl halides is 2. The number of carbonyl (C=O) groups excluding carboxylic acids is 1. The van der Waals surface area contributed by atoms with Gasteiger partial charge in [-0.25, -0.2) is 22.2 Å². The Bertz CT molecular complexity index is 876. The molecule has 4 atom stereocenters. The van der Waals surface area contributed by atoms with Gasteiger partial charge in [0, 0.05) is 17.8 Å².